The molecule has 2 saturated heterocycles. The Balaban J connectivity index is 1.66. The summed E-state index contributed by atoms with van der Waals surface area (Å²) in [5.41, 5.74) is 7.39. The summed E-state index contributed by atoms with van der Waals surface area (Å²) in [5.74, 6) is -0.706. The van der Waals surface area contributed by atoms with E-state index in [1.165, 1.54) is 0 Å². The molecule has 2 fully saturated rings. The third-order valence-electron chi connectivity index (χ3n) is 4.91. The highest BCUT2D eigenvalue weighted by atomic mass is 16.2. The summed E-state index contributed by atoms with van der Waals surface area (Å²) < 4.78 is 0. The number of carbonyl (C=O) groups is 3. The summed E-state index contributed by atoms with van der Waals surface area (Å²) in [6.45, 7) is 1.25. The van der Waals surface area contributed by atoms with Crippen molar-refractivity contribution in [3.63, 3.8) is 0 Å². The van der Waals surface area contributed by atoms with Crippen LogP contribution in [0.5, 0.6) is 0 Å². The number of imide groups is 1. The van der Waals surface area contributed by atoms with Crippen molar-refractivity contribution in [3.05, 3.63) is 35.4 Å². The van der Waals surface area contributed by atoms with E-state index in [0.29, 0.717) is 18.5 Å². The zero-order valence-corrected chi connectivity index (χ0v) is 13.7. The summed E-state index contributed by atoms with van der Waals surface area (Å²) in [7, 11) is 0. The maximum Gasteiger partial charge on any atom is 0.254 e. The normalized spacial score (nSPS) is 24.1. The second-order valence-electron chi connectivity index (χ2n) is 6.60. The molecule has 2 atom stereocenters. The van der Waals surface area contributed by atoms with Crippen molar-refractivity contribution in [2.24, 2.45) is 11.7 Å². The highest BCUT2D eigenvalue weighted by Gasteiger charge is 2.30. The molecule has 2 unspecified atom stereocenters. The number of hydrogen-bond acceptors (Lipinski definition) is 4. The molecule has 3 N–H and O–H groups in total. The second kappa shape index (κ2) is 7.13. The first-order valence-corrected chi connectivity index (χ1v) is 8.52. The molecule has 2 aliphatic rings. The fraction of sp³-hybridized carbons (Fsp3) is 0.500. The van der Waals surface area contributed by atoms with Gasteiger partial charge in [-0.05, 0) is 43.4 Å². The summed E-state index contributed by atoms with van der Waals surface area (Å²) in [6, 6.07) is 7.46. The fourth-order valence-electron chi connectivity index (χ4n) is 3.52. The van der Waals surface area contributed by atoms with Gasteiger partial charge in [0, 0.05) is 31.1 Å². The van der Waals surface area contributed by atoms with Crippen molar-refractivity contribution in [1.82, 2.24) is 10.2 Å². The number of rotatable bonds is 4. The Bertz CT molecular complexity index is 641. The average molecular weight is 329 g/mol. The van der Waals surface area contributed by atoms with Gasteiger partial charge in [-0.25, -0.2) is 0 Å². The highest BCUT2D eigenvalue weighted by molar-refractivity contribution is 6.03. The molecular weight excluding hydrogens is 306 g/mol. The van der Waals surface area contributed by atoms with Crippen molar-refractivity contribution >= 4 is 17.7 Å². The SMILES string of the molecule is NCC1CCCCN1C(=O)c1ccc(CC2CC(=O)NC2=O)cc1. The predicted molar refractivity (Wildman–Crippen MR) is 89.1 cm³/mol. The summed E-state index contributed by atoms with van der Waals surface area (Å²) >= 11 is 0. The Morgan fingerprint density at radius 3 is 2.58 bits per heavy atom. The van der Waals surface area contributed by atoms with Gasteiger partial charge >= 0.3 is 0 Å². The first-order valence-electron chi connectivity index (χ1n) is 8.52. The number of carbonyl (C=O) groups excluding carboxylic acids is 3. The Labute approximate surface area is 141 Å². The Morgan fingerprint density at radius 2 is 1.96 bits per heavy atom. The first-order chi connectivity index (χ1) is 11.6. The standard InChI is InChI=1S/C18H23N3O3/c19-11-15-3-1-2-8-21(15)18(24)13-6-4-12(5-7-13)9-14-10-16(22)20-17(14)23/h4-7,14-15H,1-3,8-11,19H2,(H,20,22,23). The number of benzene rings is 1. The smallest absolute Gasteiger partial charge is 0.254 e. The summed E-state index contributed by atoms with van der Waals surface area (Å²) in [4.78, 5) is 37.4. The maximum absolute atomic E-state index is 12.7. The van der Waals surface area contributed by atoms with Crippen LogP contribution in [0, 0.1) is 5.92 Å². The van der Waals surface area contributed by atoms with Crippen LogP contribution in [0.15, 0.2) is 24.3 Å². The van der Waals surface area contributed by atoms with Gasteiger partial charge < -0.3 is 10.6 Å². The van der Waals surface area contributed by atoms with E-state index in [9.17, 15) is 14.4 Å². The molecule has 2 aliphatic heterocycles. The van der Waals surface area contributed by atoms with Gasteiger partial charge in [-0.15, -0.1) is 0 Å². The predicted octanol–water partition coefficient (Wildman–Crippen LogP) is 0.845. The minimum absolute atomic E-state index is 0.0190. The molecule has 0 spiro atoms. The summed E-state index contributed by atoms with van der Waals surface area (Å²) in [6.07, 6.45) is 3.86. The van der Waals surface area contributed by atoms with E-state index in [4.69, 9.17) is 5.73 Å². The third-order valence-corrected chi connectivity index (χ3v) is 4.91. The molecule has 24 heavy (non-hydrogen) atoms. The molecule has 128 valence electrons. The quantitative estimate of drug-likeness (QED) is 0.801. The van der Waals surface area contributed by atoms with Gasteiger partial charge in [0.1, 0.15) is 0 Å². The number of likely N-dealkylation sites (tertiary alicyclic amines) is 1. The van der Waals surface area contributed by atoms with Gasteiger partial charge in [0.15, 0.2) is 0 Å². The minimum atomic E-state index is -0.303. The van der Waals surface area contributed by atoms with Crippen LogP contribution < -0.4 is 11.1 Å². The molecule has 0 aliphatic carbocycles. The summed E-state index contributed by atoms with van der Waals surface area (Å²) in [5, 5.41) is 2.32. The lowest BCUT2D eigenvalue weighted by atomic mass is 9.96. The van der Waals surface area contributed by atoms with Gasteiger partial charge in [-0.2, -0.15) is 0 Å². The molecule has 3 rings (SSSR count). The monoisotopic (exact) mass is 329 g/mol. The van der Waals surface area contributed by atoms with Crippen LogP contribution in [0.25, 0.3) is 0 Å². The molecule has 0 aromatic heterocycles. The van der Waals surface area contributed by atoms with Crippen molar-refractivity contribution in [3.8, 4) is 0 Å². The highest BCUT2D eigenvalue weighted by Crippen LogP contribution is 2.21. The van der Waals surface area contributed by atoms with E-state index < -0.39 is 0 Å². The zero-order valence-electron chi connectivity index (χ0n) is 13.7. The van der Waals surface area contributed by atoms with Gasteiger partial charge in [-0.1, -0.05) is 12.1 Å². The lowest BCUT2D eigenvalue weighted by molar-refractivity contribution is -0.125. The van der Waals surface area contributed by atoms with E-state index in [2.05, 4.69) is 5.32 Å². The van der Waals surface area contributed by atoms with Crippen molar-refractivity contribution in [1.29, 1.82) is 0 Å². The minimum Gasteiger partial charge on any atom is -0.334 e. The molecular formula is C18H23N3O3. The Hall–Kier alpha value is -2.21. The Morgan fingerprint density at radius 1 is 1.21 bits per heavy atom. The molecule has 0 radical (unpaired) electrons. The van der Waals surface area contributed by atoms with Crippen LogP contribution in [0.4, 0.5) is 0 Å². The van der Waals surface area contributed by atoms with E-state index >= 15 is 0 Å². The van der Waals surface area contributed by atoms with Gasteiger partial charge in [0.2, 0.25) is 11.8 Å². The van der Waals surface area contributed by atoms with Crippen LogP contribution in [-0.2, 0) is 16.0 Å². The molecule has 6 heteroatoms. The van der Waals surface area contributed by atoms with Crippen LogP contribution in [0.3, 0.4) is 0 Å². The molecule has 0 bridgehead atoms. The van der Waals surface area contributed by atoms with E-state index in [-0.39, 0.29) is 36.1 Å². The van der Waals surface area contributed by atoms with Gasteiger partial charge in [-0.3, -0.25) is 19.7 Å². The second-order valence-corrected chi connectivity index (χ2v) is 6.60. The fourth-order valence-corrected chi connectivity index (χ4v) is 3.52. The molecule has 0 saturated carbocycles. The number of piperidine rings is 1. The molecule has 2 heterocycles. The lowest BCUT2D eigenvalue weighted by Gasteiger charge is -2.35. The van der Waals surface area contributed by atoms with E-state index in [0.717, 1.165) is 31.4 Å². The number of nitrogens with one attached hydrogen (secondary N) is 1. The Kier molecular flexibility index (Phi) is 4.94. The van der Waals surface area contributed by atoms with Crippen LogP contribution in [0.1, 0.15) is 41.6 Å². The third kappa shape index (κ3) is 3.48. The maximum atomic E-state index is 12.7. The van der Waals surface area contributed by atoms with Crippen LogP contribution in [-0.4, -0.2) is 41.8 Å². The first kappa shape index (κ1) is 16.6. The molecule has 6 nitrogen and oxygen atoms in total. The number of nitrogens with zero attached hydrogens (tertiary/aromatic N) is 1. The van der Waals surface area contributed by atoms with Gasteiger partial charge in [0.05, 0.1) is 5.92 Å². The number of amides is 3. The largest absolute Gasteiger partial charge is 0.334 e. The van der Waals surface area contributed by atoms with Crippen molar-refractivity contribution in [2.45, 2.75) is 38.1 Å². The molecule has 1 aromatic carbocycles. The van der Waals surface area contributed by atoms with Crippen LogP contribution in [0.2, 0.25) is 0 Å². The van der Waals surface area contributed by atoms with E-state index in [1.54, 1.807) is 12.1 Å². The average Bonchev–Trinajstić information content (AvgIpc) is 2.92. The lowest BCUT2D eigenvalue weighted by Crippen LogP contribution is -2.47. The molecule has 3 amide bonds. The van der Waals surface area contributed by atoms with Crippen molar-refractivity contribution < 1.29 is 14.4 Å². The number of nitrogens with two attached hydrogens (primary N) is 1. The van der Waals surface area contributed by atoms with Gasteiger partial charge in [0.25, 0.3) is 5.91 Å². The zero-order chi connectivity index (χ0) is 17.1. The van der Waals surface area contributed by atoms with Crippen LogP contribution >= 0.6 is 0 Å². The topological polar surface area (TPSA) is 92.5 Å². The van der Waals surface area contributed by atoms with E-state index in [1.807, 2.05) is 17.0 Å². The van der Waals surface area contributed by atoms with Crippen molar-refractivity contribution in [2.75, 3.05) is 13.1 Å². The number of hydrogen-bond donors (Lipinski definition) is 2. The molecule has 1 aromatic rings.